The molecule has 27 heavy (non-hydrogen) atoms. The fourth-order valence-electron chi connectivity index (χ4n) is 3.94. The molecule has 0 fully saturated rings. The van der Waals surface area contributed by atoms with Gasteiger partial charge in [-0.05, 0) is 52.3 Å². The lowest BCUT2D eigenvalue weighted by Gasteiger charge is -2.35. The van der Waals surface area contributed by atoms with E-state index >= 15 is 0 Å². The molecule has 0 aliphatic rings. The van der Waals surface area contributed by atoms with Crippen molar-refractivity contribution in [3.05, 3.63) is 58.9 Å². The summed E-state index contributed by atoms with van der Waals surface area (Å²) >= 11 is 0. The topological polar surface area (TPSA) is 25.8 Å². The van der Waals surface area contributed by atoms with Crippen molar-refractivity contribution in [1.29, 1.82) is 0 Å². The minimum atomic E-state index is 0.00180. The summed E-state index contributed by atoms with van der Waals surface area (Å²) in [6, 6.07) is 11.1. The third-order valence-electron chi connectivity index (χ3n) is 5.85. The first-order valence-electron chi connectivity index (χ1n) is 10.3. The summed E-state index contributed by atoms with van der Waals surface area (Å²) < 4.78 is 0. The number of hydrogen-bond donors (Lipinski definition) is 0. The number of benzene rings is 1. The summed E-state index contributed by atoms with van der Waals surface area (Å²) in [6.07, 6.45) is 4.01. The quantitative estimate of drug-likeness (QED) is 0.553. The van der Waals surface area contributed by atoms with Crippen molar-refractivity contribution in [1.82, 2.24) is 10.2 Å². The highest BCUT2D eigenvalue weighted by Crippen LogP contribution is 2.40. The Hall–Kier alpha value is -1.70. The van der Waals surface area contributed by atoms with Crippen molar-refractivity contribution in [3.63, 3.8) is 0 Å². The minimum absolute atomic E-state index is 0.00180. The van der Waals surface area contributed by atoms with Crippen molar-refractivity contribution >= 4 is 0 Å². The largest absolute Gasteiger partial charge is 0.159 e. The molecule has 2 rings (SSSR count). The maximum absolute atomic E-state index is 4.55. The average molecular weight is 367 g/mol. The molecule has 0 aliphatic carbocycles. The normalized spacial score (nSPS) is 13.3. The van der Waals surface area contributed by atoms with Gasteiger partial charge < -0.3 is 0 Å². The van der Waals surface area contributed by atoms with Crippen molar-refractivity contribution in [2.24, 2.45) is 0 Å². The van der Waals surface area contributed by atoms with E-state index in [0.29, 0.717) is 5.92 Å². The van der Waals surface area contributed by atoms with Gasteiger partial charge in [0.15, 0.2) is 0 Å². The average Bonchev–Trinajstić information content (AvgIpc) is 2.59. The molecule has 0 bridgehead atoms. The highest BCUT2D eigenvalue weighted by molar-refractivity contribution is 5.38. The van der Waals surface area contributed by atoms with Crippen LogP contribution in [0.4, 0.5) is 0 Å². The number of nitrogens with zero attached hydrogens (tertiary/aromatic N) is 2. The van der Waals surface area contributed by atoms with Crippen LogP contribution >= 0.6 is 0 Å². The van der Waals surface area contributed by atoms with Gasteiger partial charge in [0.05, 0.1) is 5.69 Å². The van der Waals surface area contributed by atoms with E-state index in [1.807, 2.05) is 6.20 Å². The Morgan fingerprint density at radius 2 is 1.33 bits per heavy atom. The summed E-state index contributed by atoms with van der Waals surface area (Å²) in [6.45, 7) is 20.8. The first-order chi connectivity index (χ1) is 12.4. The summed E-state index contributed by atoms with van der Waals surface area (Å²) in [4.78, 5) is 0. The number of aromatic nitrogens is 2. The maximum Gasteiger partial charge on any atom is 0.0721 e. The van der Waals surface area contributed by atoms with Crippen molar-refractivity contribution in [2.45, 2.75) is 97.3 Å². The molecule has 1 aromatic carbocycles. The summed E-state index contributed by atoms with van der Waals surface area (Å²) in [5.74, 6) is 0.462. The standard InChI is InChI=1S/C25H38N2/c1-18(2)19-14-17-26-27-22(19)25(8,9)16-15-24(6,7)21-13-11-10-12-20(21)23(3,4)5/h10-14,17-18H,15-16H2,1-9H3. The smallest absolute Gasteiger partial charge is 0.0721 e. The zero-order chi connectivity index (χ0) is 20.5. The van der Waals surface area contributed by atoms with Crippen molar-refractivity contribution in [2.75, 3.05) is 0 Å². The summed E-state index contributed by atoms with van der Waals surface area (Å²) in [7, 11) is 0. The van der Waals surface area contributed by atoms with Gasteiger partial charge in [0.2, 0.25) is 0 Å². The predicted molar refractivity (Wildman–Crippen MR) is 117 cm³/mol. The maximum atomic E-state index is 4.55. The van der Waals surface area contributed by atoms with E-state index in [1.165, 1.54) is 16.7 Å². The van der Waals surface area contributed by atoms with Gasteiger partial charge in [0.25, 0.3) is 0 Å². The van der Waals surface area contributed by atoms with Gasteiger partial charge in [-0.25, -0.2) is 0 Å². The Labute approximate surface area is 166 Å². The minimum Gasteiger partial charge on any atom is -0.159 e. The van der Waals surface area contributed by atoms with E-state index in [9.17, 15) is 0 Å². The van der Waals surface area contributed by atoms with Crippen LogP contribution in [0.1, 0.15) is 103 Å². The van der Waals surface area contributed by atoms with Gasteiger partial charge in [-0.2, -0.15) is 10.2 Å². The highest BCUT2D eigenvalue weighted by atomic mass is 15.1. The Morgan fingerprint density at radius 1 is 0.778 bits per heavy atom. The Kier molecular flexibility index (Phi) is 6.19. The molecule has 0 aliphatic heterocycles. The monoisotopic (exact) mass is 366 g/mol. The van der Waals surface area contributed by atoms with Crippen LogP contribution in [-0.2, 0) is 16.2 Å². The fourth-order valence-corrected chi connectivity index (χ4v) is 3.94. The molecule has 0 N–H and O–H groups in total. The lowest BCUT2D eigenvalue weighted by molar-refractivity contribution is 0.359. The van der Waals surface area contributed by atoms with Crippen LogP contribution in [0.3, 0.4) is 0 Å². The highest BCUT2D eigenvalue weighted by Gasteiger charge is 2.32. The zero-order valence-corrected chi connectivity index (χ0v) is 18.9. The molecule has 1 heterocycles. The van der Waals surface area contributed by atoms with E-state index in [4.69, 9.17) is 0 Å². The number of hydrogen-bond acceptors (Lipinski definition) is 2. The van der Waals surface area contributed by atoms with Crippen LogP contribution in [0.15, 0.2) is 36.5 Å². The van der Waals surface area contributed by atoms with E-state index in [2.05, 4.69) is 103 Å². The molecule has 148 valence electrons. The van der Waals surface area contributed by atoms with Gasteiger partial charge in [-0.15, -0.1) is 0 Å². The van der Waals surface area contributed by atoms with Gasteiger partial charge in [0.1, 0.15) is 0 Å². The molecular formula is C25H38N2. The molecule has 1 aromatic heterocycles. The Bertz CT molecular complexity index is 764. The lowest BCUT2D eigenvalue weighted by atomic mass is 9.69. The molecule has 0 radical (unpaired) electrons. The molecule has 0 saturated carbocycles. The van der Waals surface area contributed by atoms with Crippen LogP contribution in [0.2, 0.25) is 0 Å². The first-order valence-corrected chi connectivity index (χ1v) is 10.3. The summed E-state index contributed by atoms with van der Waals surface area (Å²) in [5.41, 5.74) is 5.66. The van der Waals surface area contributed by atoms with Gasteiger partial charge in [-0.1, -0.05) is 86.6 Å². The Morgan fingerprint density at radius 3 is 1.89 bits per heavy atom. The van der Waals surface area contributed by atoms with Crippen LogP contribution in [-0.4, -0.2) is 10.2 Å². The van der Waals surface area contributed by atoms with E-state index in [1.54, 1.807) is 0 Å². The SMILES string of the molecule is CC(C)c1ccnnc1C(C)(C)CCC(C)(C)c1ccccc1C(C)(C)C. The van der Waals surface area contributed by atoms with Gasteiger partial charge in [-0.3, -0.25) is 0 Å². The predicted octanol–water partition coefficient (Wildman–Crippen LogP) is 6.93. The number of rotatable bonds is 6. The second-order valence-corrected chi connectivity index (χ2v) is 10.6. The van der Waals surface area contributed by atoms with Gasteiger partial charge >= 0.3 is 0 Å². The Balaban J connectivity index is 2.30. The lowest BCUT2D eigenvalue weighted by Crippen LogP contribution is -2.29. The molecule has 0 unspecified atom stereocenters. The summed E-state index contributed by atoms with van der Waals surface area (Å²) in [5, 5.41) is 8.74. The third kappa shape index (κ3) is 4.97. The third-order valence-corrected chi connectivity index (χ3v) is 5.85. The zero-order valence-electron chi connectivity index (χ0n) is 18.9. The van der Waals surface area contributed by atoms with Gasteiger partial charge in [0, 0.05) is 11.6 Å². The first kappa shape index (κ1) is 21.6. The van der Waals surface area contributed by atoms with E-state index in [-0.39, 0.29) is 16.2 Å². The van der Waals surface area contributed by atoms with Crippen LogP contribution < -0.4 is 0 Å². The molecule has 2 nitrogen and oxygen atoms in total. The molecule has 0 atom stereocenters. The van der Waals surface area contributed by atoms with E-state index in [0.717, 1.165) is 18.5 Å². The van der Waals surface area contributed by atoms with Crippen LogP contribution in [0.25, 0.3) is 0 Å². The molecule has 2 aromatic rings. The second-order valence-electron chi connectivity index (χ2n) is 10.6. The van der Waals surface area contributed by atoms with Crippen LogP contribution in [0.5, 0.6) is 0 Å². The molecule has 2 heteroatoms. The molecule has 0 spiro atoms. The second kappa shape index (κ2) is 7.73. The van der Waals surface area contributed by atoms with Crippen molar-refractivity contribution < 1.29 is 0 Å². The van der Waals surface area contributed by atoms with Crippen LogP contribution in [0, 0.1) is 0 Å². The molecule has 0 saturated heterocycles. The van der Waals surface area contributed by atoms with Crippen molar-refractivity contribution in [3.8, 4) is 0 Å². The molecule has 0 amide bonds. The fraction of sp³-hybridized carbons (Fsp3) is 0.600. The molecular weight excluding hydrogens is 328 g/mol. The van der Waals surface area contributed by atoms with E-state index < -0.39 is 0 Å².